The largest absolute Gasteiger partial charge is 0.497 e. The normalized spacial score (nSPS) is 11.6. The average Bonchev–Trinajstić information content (AvgIpc) is 2.98. The van der Waals surface area contributed by atoms with Crippen molar-refractivity contribution >= 4 is 45.0 Å². The molecule has 8 heteroatoms. The zero-order valence-electron chi connectivity index (χ0n) is 15.5. The number of esters is 1. The third kappa shape index (κ3) is 4.79. The Labute approximate surface area is 171 Å². The number of aromatic nitrogens is 1. The van der Waals surface area contributed by atoms with Gasteiger partial charge in [0, 0.05) is 5.02 Å². The van der Waals surface area contributed by atoms with Gasteiger partial charge in [-0.05, 0) is 42.8 Å². The molecule has 2 aromatic carbocycles. The summed E-state index contributed by atoms with van der Waals surface area (Å²) < 4.78 is 12.7. The lowest BCUT2D eigenvalue weighted by atomic mass is 10.1. The maximum atomic E-state index is 12.5. The van der Waals surface area contributed by atoms with Crippen LogP contribution >= 0.6 is 22.9 Å². The molecule has 1 heterocycles. The summed E-state index contributed by atoms with van der Waals surface area (Å²) in [6.07, 6.45) is 0.131. The second-order valence-corrected chi connectivity index (χ2v) is 7.37. The quantitative estimate of drug-likeness (QED) is 0.573. The van der Waals surface area contributed by atoms with Crippen molar-refractivity contribution < 1.29 is 19.1 Å². The fourth-order valence-electron chi connectivity index (χ4n) is 2.72. The highest BCUT2D eigenvalue weighted by Gasteiger charge is 2.13. The smallest absolute Gasteiger partial charge is 0.326 e. The van der Waals surface area contributed by atoms with Crippen LogP contribution in [0.3, 0.4) is 0 Å². The first-order chi connectivity index (χ1) is 13.5. The molecule has 0 fully saturated rings. The Balaban J connectivity index is 1.97. The van der Waals surface area contributed by atoms with Gasteiger partial charge in [-0.1, -0.05) is 35.1 Å². The van der Waals surface area contributed by atoms with Gasteiger partial charge in [0.25, 0.3) is 5.91 Å². The Morgan fingerprint density at radius 1 is 1.21 bits per heavy atom. The number of hydrogen-bond donors (Lipinski definition) is 0. The van der Waals surface area contributed by atoms with Crippen molar-refractivity contribution in [2.75, 3.05) is 13.7 Å². The van der Waals surface area contributed by atoms with Crippen molar-refractivity contribution in [3.8, 4) is 5.75 Å². The number of thiazole rings is 1. The van der Waals surface area contributed by atoms with Crippen LogP contribution in [0.2, 0.25) is 5.02 Å². The van der Waals surface area contributed by atoms with E-state index in [1.807, 2.05) is 18.2 Å². The van der Waals surface area contributed by atoms with Crippen molar-refractivity contribution in [3.05, 3.63) is 57.9 Å². The number of benzene rings is 2. The first-order valence-electron chi connectivity index (χ1n) is 8.65. The lowest BCUT2D eigenvalue weighted by Crippen LogP contribution is -2.23. The van der Waals surface area contributed by atoms with E-state index in [0.29, 0.717) is 15.6 Å². The number of amides is 1. The molecule has 28 heavy (non-hydrogen) atoms. The molecule has 0 unspecified atom stereocenters. The Bertz CT molecular complexity index is 1090. The fourth-order valence-corrected chi connectivity index (χ4v) is 4.05. The molecule has 0 aliphatic rings. The van der Waals surface area contributed by atoms with Crippen LogP contribution in [0.25, 0.3) is 10.2 Å². The van der Waals surface area contributed by atoms with Crippen molar-refractivity contribution in [3.63, 3.8) is 0 Å². The summed E-state index contributed by atoms with van der Waals surface area (Å²) in [5.41, 5.74) is 1.57. The number of fused-ring (bicyclic) bond motifs is 1. The fraction of sp³-hybridized carbons (Fsp3) is 0.250. The van der Waals surface area contributed by atoms with Crippen LogP contribution < -0.4 is 9.54 Å². The number of hydrogen-bond acceptors (Lipinski definition) is 5. The molecule has 0 aliphatic heterocycles. The minimum atomic E-state index is -0.390. The molecule has 3 aromatic rings. The van der Waals surface area contributed by atoms with Crippen molar-refractivity contribution in [2.45, 2.75) is 19.9 Å². The van der Waals surface area contributed by atoms with E-state index in [1.165, 1.54) is 11.3 Å². The van der Waals surface area contributed by atoms with E-state index >= 15 is 0 Å². The monoisotopic (exact) mass is 418 g/mol. The molecule has 6 nitrogen and oxygen atoms in total. The topological polar surface area (TPSA) is 69.9 Å². The number of carbonyl (C=O) groups excluding carboxylic acids is 2. The van der Waals surface area contributed by atoms with Gasteiger partial charge in [0.2, 0.25) is 0 Å². The van der Waals surface area contributed by atoms with Gasteiger partial charge >= 0.3 is 5.97 Å². The van der Waals surface area contributed by atoms with E-state index in [9.17, 15) is 9.59 Å². The van der Waals surface area contributed by atoms with E-state index < -0.39 is 0 Å². The Morgan fingerprint density at radius 3 is 2.79 bits per heavy atom. The summed E-state index contributed by atoms with van der Waals surface area (Å²) in [4.78, 5) is 29.2. The van der Waals surface area contributed by atoms with Crippen LogP contribution in [0.5, 0.6) is 5.75 Å². The summed E-state index contributed by atoms with van der Waals surface area (Å²) in [7, 11) is 1.58. The SMILES string of the molecule is CCOC(=O)Cn1c(=NC(=O)Cc2cccc(OC)c2)sc2cc(Cl)ccc21. The third-order valence-electron chi connectivity index (χ3n) is 3.95. The Morgan fingerprint density at radius 2 is 2.04 bits per heavy atom. The highest BCUT2D eigenvalue weighted by molar-refractivity contribution is 7.16. The van der Waals surface area contributed by atoms with Crippen molar-refractivity contribution in [1.82, 2.24) is 4.57 Å². The van der Waals surface area contributed by atoms with Crippen molar-refractivity contribution in [1.29, 1.82) is 0 Å². The lowest BCUT2D eigenvalue weighted by molar-refractivity contribution is -0.143. The number of halogens is 1. The molecule has 0 radical (unpaired) electrons. The maximum absolute atomic E-state index is 12.5. The molecule has 3 rings (SSSR count). The third-order valence-corrected chi connectivity index (χ3v) is 5.22. The summed E-state index contributed by atoms with van der Waals surface area (Å²) in [5, 5.41) is 0.575. The second kappa shape index (κ2) is 9.03. The number of ether oxygens (including phenoxy) is 2. The van der Waals surface area contributed by atoms with Crippen LogP contribution in [-0.2, 0) is 27.3 Å². The van der Waals surface area contributed by atoms with Gasteiger partial charge in [-0.2, -0.15) is 4.99 Å². The molecule has 1 amide bonds. The summed E-state index contributed by atoms with van der Waals surface area (Å²) >= 11 is 7.38. The molecule has 146 valence electrons. The predicted octanol–water partition coefficient (Wildman–Crippen LogP) is 3.60. The molecule has 0 atom stereocenters. The van der Waals surface area contributed by atoms with Crippen molar-refractivity contribution in [2.24, 2.45) is 4.99 Å². The molecular formula is C20H19ClN2O4S. The molecular weight excluding hydrogens is 400 g/mol. The van der Waals surface area contributed by atoms with Crippen LogP contribution in [-0.4, -0.2) is 30.2 Å². The average molecular weight is 419 g/mol. The zero-order valence-corrected chi connectivity index (χ0v) is 17.0. The van der Waals surface area contributed by atoms with Crippen LogP contribution in [0.1, 0.15) is 12.5 Å². The zero-order chi connectivity index (χ0) is 20.1. The predicted molar refractivity (Wildman–Crippen MR) is 109 cm³/mol. The van der Waals surface area contributed by atoms with Crippen LogP contribution in [0.15, 0.2) is 47.5 Å². The maximum Gasteiger partial charge on any atom is 0.326 e. The first-order valence-corrected chi connectivity index (χ1v) is 9.84. The van der Waals surface area contributed by atoms with E-state index in [2.05, 4.69) is 4.99 Å². The molecule has 0 aliphatic carbocycles. The highest BCUT2D eigenvalue weighted by Crippen LogP contribution is 2.22. The van der Waals surface area contributed by atoms with Gasteiger partial charge in [0.05, 0.1) is 30.4 Å². The van der Waals surface area contributed by atoms with E-state index in [4.69, 9.17) is 21.1 Å². The molecule has 0 bridgehead atoms. The number of rotatable bonds is 6. The number of carbonyl (C=O) groups is 2. The first kappa shape index (κ1) is 20.1. The summed E-state index contributed by atoms with van der Waals surface area (Å²) in [5.74, 6) is -0.0264. The van der Waals surface area contributed by atoms with E-state index in [1.54, 1.807) is 42.9 Å². The summed E-state index contributed by atoms with van der Waals surface area (Å²) in [6.45, 7) is 2.01. The minimum Gasteiger partial charge on any atom is -0.497 e. The van der Waals surface area contributed by atoms with E-state index in [0.717, 1.165) is 15.8 Å². The standard InChI is InChI=1S/C20H19ClN2O4S/c1-3-27-19(25)12-23-16-8-7-14(21)11-17(16)28-20(23)22-18(24)10-13-5-4-6-15(9-13)26-2/h4-9,11H,3,10,12H2,1-2H3. The summed E-state index contributed by atoms with van der Waals surface area (Å²) in [6, 6.07) is 12.6. The molecule has 0 saturated carbocycles. The van der Waals surface area contributed by atoms with E-state index in [-0.39, 0.29) is 31.4 Å². The molecule has 0 saturated heterocycles. The Kier molecular flexibility index (Phi) is 6.49. The molecule has 0 spiro atoms. The Hall–Kier alpha value is -2.64. The highest BCUT2D eigenvalue weighted by atomic mass is 35.5. The van der Waals surface area contributed by atoms with Crippen LogP contribution in [0.4, 0.5) is 0 Å². The van der Waals surface area contributed by atoms with Gasteiger partial charge in [0.15, 0.2) is 4.80 Å². The van der Waals surface area contributed by atoms with Gasteiger partial charge in [-0.3, -0.25) is 9.59 Å². The van der Waals surface area contributed by atoms with Gasteiger partial charge in [-0.15, -0.1) is 0 Å². The minimum absolute atomic E-state index is 0.0270. The molecule has 0 N–H and O–H groups in total. The number of methoxy groups -OCH3 is 1. The van der Waals surface area contributed by atoms with Gasteiger partial charge in [-0.25, -0.2) is 0 Å². The number of nitrogens with zero attached hydrogens (tertiary/aromatic N) is 2. The second-order valence-electron chi connectivity index (χ2n) is 5.92. The van der Waals surface area contributed by atoms with Gasteiger partial charge < -0.3 is 14.0 Å². The van der Waals surface area contributed by atoms with Crippen LogP contribution in [0, 0.1) is 0 Å². The molecule has 1 aromatic heterocycles. The lowest BCUT2D eigenvalue weighted by Gasteiger charge is -2.05. The van der Waals surface area contributed by atoms with Gasteiger partial charge in [0.1, 0.15) is 12.3 Å².